The van der Waals surface area contributed by atoms with Crippen LogP contribution in [0, 0.1) is 17.5 Å². The van der Waals surface area contributed by atoms with Crippen molar-refractivity contribution in [2.24, 2.45) is 0 Å². The van der Waals surface area contributed by atoms with Crippen molar-refractivity contribution in [2.75, 3.05) is 5.32 Å². The van der Waals surface area contributed by atoms with Crippen LogP contribution in [-0.4, -0.2) is 11.6 Å². The summed E-state index contributed by atoms with van der Waals surface area (Å²) in [5.41, 5.74) is -1.12. The van der Waals surface area contributed by atoms with Gasteiger partial charge in [0, 0.05) is 16.8 Å². The van der Waals surface area contributed by atoms with E-state index in [1.165, 1.54) is 24.3 Å². The van der Waals surface area contributed by atoms with E-state index in [2.05, 4.69) is 12.2 Å². The zero-order valence-electron chi connectivity index (χ0n) is 16.2. The van der Waals surface area contributed by atoms with Crippen molar-refractivity contribution in [2.45, 2.75) is 26.2 Å². The number of anilines is 2. The number of carbonyl (C=O) groups is 2. The Morgan fingerprint density at radius 3 is 1.90 bits per heavy atom. The Labute approximate surface area is 171 Å². The van der Waals surface area contributed by atoms with E-state index < -0.39 is 45.8 Å². The minimum atomic E-state index is -1.54. The summed E-state index contributed by atoms with van der Waals surface area (Å²) in [4.78, 5) is 25.4. The highest BCUT2D eigenvalue weighted by atomic mass is 19.2. The molecule has 1 N–H and O–H groups in total. The lowest BCUT2D eigenvalue weighted by atomic mass is 9.83. The summed E-state index contributed by atoms with van der Waals surface area (Å²) in [5, 5.41) is 2.52. The summed E-state index contributed by atoms with van der Waals surface area (Å²) in [5.74, 6) is -6.13. The molecule has 0 unspecified atom stereocenters. The van der Waals surface area contributed by atoms with Crippen LogP contribution in [0.25, 0.3) is 0 Å². The van der Waals surface area contributed by atoms with E-state index in [9.17, 15) is 18.4 Å². The van der Waals surface area contributed by atoms with Gasteiger partial charge in [-0.1, -0.05) is 49.7 Å². The summed E-state index contributed by atoms with van der Waals surface area (Å²) in [6, 6.07) is 12.6. The second-order valence-corrected chi connectivity index (χ2v) is 7.20. The fourth-order valence-corrected chi connectivity index (χ4v) is 3.62. The van der Waals surface area contributed by atoms with Crippen LogP contribution in [0.15, 0.2) is 48.5 Å². The molecule has 30 heavy (non-hydrogen) atoms. The second-order valence-electron chi connectivity index (χ2n) is 7.20. The fourth-order valence-electron chi connectivity index (χ4n) is 3.62. The topological polar surface area (TPSA) is 46.2 Å². The first-order chi connectivity index (χ1) is 14.4. The normalized spacial score (nSPS) is 12.5. The molecule has 0 saturated carbocycles. The lowest BCUT2D eigenvalue weighted by molar-refractivity contribution is 0.0971. The Kier molecular flexibility index (Phi) is 5.16. The van der Waals surface area contributed by atoms with Crippen molar-refractivity contribution < 1.29 is 22.8 Å². The molecule has 6 heteroatoms. The van der Waals surface area contributed by atoms with Gasteiger partial charge in [-0.3, -0.25) is 9.59 Å². The standard InChI is InChI=1S/C24H18F3NO2/c1-2-3-6-13-9-11-14(12-10-13)28-22-20(26)18-17(19(25)21(22)27)23(29)15-7-4-5-8-16(15)24(18)30/h4-5,7-12,28H,2-3,6H2,1H3. The van der Waals surface area contributed by atoms with E-state index in [0.29, 0.717) is 5.69 Å². The van der Waals surface area contributed by atoms with E-state index >= 15 is 4.39 Å². The van der Waals surface area contributed by atoms with E-state index in [-0.39, 0.29) is 11.1 Å². The molecule has 3 aromatic rings. The number of nitrogens with one attached hydrogen (secondary N) is 1. The maximum absolute atomic E-state index is 15.2. The molecule has 0 aliphatic heterocycles. The van der Waals surface area contributed by atoms with Crippen LogP contribution in [0.3, 0.4) is 0 Å². The third-order valence-corrected chi connectivity index (χ3v) is 5.23. The van der Waals surface area contributed by atoms with Gasteiger partial charge >= 0.3 is 0 Å². The van der Waals surface area contributed by atoms with Gasteiger partial charge in [0.05, 0.1) is 11.1 Å². The molecule has 0 radical (unpaired) electrons. The molecule has 1 aliphatic carbocycles. The van der Waals surface area contributed by atoms with Crippen molar-refractivity contribution in [1.29, 1.82) is 0 Å². The zero-order valence-corrected chi connectivity index (χ0v) is 16.2. The Morgan fingerprint density at radius 2 is 1.33 bits per heavy atom. The van der Waals surface area contributed by atoms with Crippen LogP contribution in [0.4, 0.5) is 24.5 Å². The summed E-state index contributed by atoms with van der Waals surface area (Å²) in [6.45, 7) is 2.08. The van der Waals surface area contributed by atoms with Crippen molar-refractivity contribution >= 4 is 22.9 Å². The van der Waals surface area contributed by atoms with Gasteiger partial charge in [-0.05, 0) is 30.5 Å². The number of ketones is 2. The average Bonchev–Trinajstić information content (AvgIpc) is 2.77. The molecule has 3 nitrogen and oxygen atoms in total. The maximum atomic E-state index is 15.2. The monoisotopic (exact) mass is 409 g/mol. The third-order valence-electron chi connectivity index (χ3n) is 5.23. The summed E-state index contributed by atoms with van der Waals surface area (Å²) in [6.07, 6.45) is 2.94. The van der Waals surface area contributed by atoms with Crippen LogP contribution in [-0.2, 0) is 6.42 Å². The Hall–Kier alpha value is -3.41. The Balaban J connectivity index is 1.77. The van der Waals surface area contributed by atoms with Crippen LogP contribution in [0.1, 0.15) is 57.2 Å². The molecule has 0 fully saturated rings. The van der Waals surface area contributed by atoms with Gasteiger partial charge in [0.15, 0.2) is 29.0 Å². The summed E-state index contributed by atoms with van der Waals surface area (Å²) in [7, 11) is 0. The van der Waals surface area contributed by atoms with Gasteiger partial charge < -0.3 is 5.32 Å². The molecular weight excluding hydrogens is 391 g/mol. The van der Waals surface area contributed by atoms with Gasteiger partial charge in [0.2, 0.25) is 0 Å². The number of unbranched alkanes of at least 4 members (excludes halogenated alkanes) is 1. The van der Waals surface area contributed by atoms with Crippen molar-refractivity contribution in [3.05, 3.63) is 93.8 Å². The molecule has 1 aliphatic rings. The van der Waals surface area contributed by atoms with Gasteiger partial charge in [-0.2, -0.15) is 0 Å². The Morgan fingerprint density at radius 1 is 0.767 bits per heavy atom. The molecule has 0 bridgehead atoms. The van der Waals surface area contributed by atoms with Crippen molar-refractivity contribution in [3.63, 3.8) is 0 Å². The molecule has 0 saturated heterocycles. The van der Waals surface area contributed by atoms with Gasteiger partial charge in [0.1, 0.15) is 5.69 Å². The Bertz CT molecular complexity index is 1170. The molecule has 0 heterocycles. The number of halogens is 3. The number of hydrogen-bond acceptors (Lipinski definition) is 3. The molecule has 0 spiro atoms. The van der Waals surface area contributed by atoms with Crippen LogP contribution < -0.4 is 5.32 Å². The van der Waals surface area contributed by atoms with E-state index in [1.54, 1.807) is 12.1 Å². The lowest BCUT2D eigenvalue weighted by Gasteiger charge is -2.21. The molecular formula is C24H18F3NO2. The van der Waals surface area contributed by atoms with Crippen molar-refractivity contribution in [1.82, 2.24) is 0 Å². The molecule has 4 rings (SSSR count). The SMILES string of the molecule is CCCCc1ccc(Nc2c(F)c(F)c3c(c2F)C(=O)c2ccccc2C3=O)cc1. The van der Waals surface area contributed by atoms with Crippen LogP contribution >= 0.6 is 0 Å². The average molecular weight is 409 g/mol. The maximum Gasteiger partial charge on any atom is 0.197 e. The number of benzene rings is 3. The predicted molar refractivity (Wildman–Crippen MR) is 108 cm³/mol. The third kappa shape index (κ3) is 3.18. The molecule has 0 atom stereocenters. The van der Waals surface area contributed by atoms with Gasteiger partial charge in [0.25, 0.3) is 0 Å². The largest absolute Gasteiger partial charge is 0.351 e. The van der Waals surface area contributed by atoms with E-state index in [0.717, 1.165) is 24.8 Å². The number of hydrogen-bond donors (Lipinski definition) is 1. The predicted octanol–water partition coefficient (Wildman–Crippen LogP) is 5.97. The van der Waals surface area contributed by atoms with Crippen LogP contribution in [0.2, 0.25) is 0 Å². The highest BCUT2D eigenvalue weighted by molar-refractivity contribution is 6.28. The summed E-state index contributed by atoms with van der Waals surface area (Å²) >= 11 is 0. The van der Waals surface area contributed by atoms with E-state index in [1.807, 2.05) is 12.1 Å². The first-order valence-electron chi connectivity index (χ1n) is 9.68. The van der Waals surface area contributed by atoms with Gasteiger partial charge in [-0.25, -0.2) is 13.2 Å². The molecule has 152 valence electrons. The first kappa shape index (κ1) is 19.9. The smallest absolute Gasteiger partial charge is 0.197 e. The van der Waals surface area contributed by atoms with Crippen molar-refractivity contribution in [3.8, 4) is 0 Å². The molecule has 0 aromatic heterocycles. The van der Waals surface area contributed by atoms with E-state index in [4.69, 9.17) is 0 Å². The number of fused-ring (bicyclic) bond motifs is 2. The number of carbonyl (C=O) groups excluding carboxylic acids is 2. The highest BCUT2D eigenvalue weighted by Gasteiger charge is 2.38. The minimum absolute atomic E-state index is 0.0360. The zero-order chi connectivity index (χ0) is 21.4. The summed E-state index contributed by atoms with van der Waals surface area (Å²) < 4.78 is 44.7. The highest BCUT2D eigenvalue weighted by Crippen LogP contribution is 2.37. The second kappa shape index (κ2) is 7.78. The number of aryl methyl sites for hydroxylation is 1. The lowest BCUT2D eigenvalue weighted by Crippen LogP contribution is -2.25. The van der Waals surface area contributed by atoms with Gasteiger partial charge in [-0.15, -0.1) is 0 Å². The molecule has 0 amide bonds. The first-order valence-corrected chi connectivity index (χ1v) is 9.68. The quantitative estimate of drug-likeness (QED) is 0.414. The fraction of sp³-hybridized carbons (Fsp3) is 0.167. The number of rotatable bonds is 5. The molecule has 3 aromatic carbocycles. The van der Waals surface area contributed by atoms with Crippen LogP contribution in [0.5, 0.6) is 0 Å². The minimum Gasteiger partial charge on any atom is -0.351 e.